The van der Waals surface area contributed by atoms with Gasteiger partial charge in [0.1, 0.15) is 5.58 Å². The first kappa shape index (κ1) is 16.8. The molecule has 1 aromatic carbocycles. The quantitative estimate of drug-likeness (QED) is 0.757. The van der Waals surface area contributed by atoms with Crippen LogP contribution in [-0.4, -0.2) is 24.8 Å². The third-order valence-corrected chi connectivity index (χ3v) is 3.96. The summed E-state index contributed by atoms with van der Waals surface area (Å²) in [6.45, 7) is 11.8. The molecule has 3 rings (SSSR count). The van der Waals surface area contributed by atoms with Gasteiger partial charge in [-0.05, 0) is 23.5 Å². The number of hydrogen-bond donors (Lipinski definition) is 0. The summed E-state index contributed by atoms with van der Waals surface area (Å²) in [5, 5.41) is 0.913. The van der Waals surface area contributed by atoms with Crippen LogP contribution in [0.5, 0.6) is 11.5 Å². The average Bonchev–Trinajstić information content (AvgIpc) is 2.90. The third kappa shape index (κ3) is 3.73. The lowest BCUT2D eigenvalue weighted by Gasteiger charge is -2.26. The van der Waals surface area contributed by atoms with Crippen LogP contribution in [-0.2, 0) is 6.54 Å². The van der Waals surface area contributed by atoms with Crippen molar-refractivity contribution in [1.29, 1.82) is 0 Å². The number of fused-ring (bicyclic) bond motifs is 2. The Hall–Kier alpha value is -2.01. The summed E-state index contributed by atoms with van der Waals surface area (Å²) >= 11 is 0. The number of hydrogen-bond acceptors (Lipinski definition) is 5. The topological polar surface area (TPSA) is 51.9 Å². The molecule has 0 bridgehead atoms. The van der Waals surface area contributed by atoms with Gasteiger partial charge in [-0.25, -0.2) is 4.79 Å². The van der Waals surface area contributed by atoms with Crippen molar-refractivity contribution in [3.8, 4) is 11.5 Å². The van der Waals surface area contributed by atoms with Crippen molar-refractivity contribution in [1.82, 2.24) is 4.90 Å². The Bertz CT molecular complexity index is 769. The maximum absolute atomic E-state index is 12.0. The molecule has 2 aromatic rings. The van der Waals surface area contributed by atoms with Gasteiger partial charge in [0.2, 0.25) is 6.79 Å². The predicted octanol–water partition coefficient (Wildman–Crippen LogP) is 3.64. The third-order valence-electron chi connectivity index (χ3n) is 3.96. The highest BCUT2D eigenvalue weighted by molar-refractivity contribution is 5.84. The molecule has 0 aliphatic carbocycles. The molecule has 2 heterocycles. The van der Waals surface area contributed by atoms with Gasteiger partial charge in [-0.1, -0.05) is 27.7 Å². The van der Waals surface area contributed by atoms with E-state index in [9.17, 15) is 4.79 Å². The summed E-state index contributed by atoms with van der Waals surface area (Å²) < 4.78 is 16.2. The molecule has 0 saturated carbocycles. The fraction of sp³-hybridized carbons (Fsp3) is 0.526. The summed E-state index contributed by atoms with van der Waals surface area (Å²) in [6, 6.07) is 5.26. The Balaban J connectivity index is 1.99. The first-order chi connectivity index (χ1) is 11.4. The van der Waals surface area contributed by atoms with E-state index in [0.29, 0.717) is 28.9 Å². The molecule has 1 aliphatic heterocycles. The van der Waals surface area contributed by atoms with E-state index in [1.807, 2.05) is 6.07 Å². The Morgan fingerprint density at radius 2 is 1.62 bits per heavy atom. The maximum atomic E-state index is 12.0. The highest BCUT2D eigenvalue weighted by Crippen LogP contribution is 2.36. The normalized spacial score (nSPS) is 13.6. The summed E-state index contributed by atoms with van der Waals surface area (Å²) in [4.78, 5) is 14.4. The molecule has 130 valence electrons. The molecule has 0 fully saturated rings. The minimum Gasteiger partial charge on any atom is -0.454 e. The molecule has 0 radical (unpaired) electrons. The van der Waals surface area contributed by atoms with Crippen molar-refractivity contribution >= 4 is 11.0 Å². The molecule has 0 atom stereocenters. The summed E-state index contributed by atoms with van der Waals surface area (Å²) in [5.41, 5.74) is 1.20. The molecule has 5 heteroatoms. The standard InChI is InChI=1S/C19H25NO4/c1-12(2)8-20(9-13(3)4)10-14-5-19(21)24-16-7-18-17(6-15(14)16)22-11-23-18/h5-7,12-13H,8-11H2,1-4H3. The van der Waals surface area contributed by atoms with Gasteiger partial charge >= 0.3 is 5.63 Å². The number of benzene rings is 1. The van der Waals surface area contributed by atoms with E-state index < -0.39 is 0 Å². The van der Waals surface area contributed by atoms with Crippen LogP contribution in [0.2, 0.25) is 0 Å². The van der Waals surface area contributed by atoms with Crippen LogP contribution in [0.15, 0.2) is 27.4 Å². The van der Waals surface area contributed by atoms with E-state index in [2.05, 4.69) is 32.6 Å². The van der Waals surface area contributed by atoms with Crippen LogP contribution in [0, 0.1) is 11.8 Å². The molecule has 0 N–H and O–H groups in total. The van der Waals surface area contributed by atoms with Gasteiger partial charge in [-0.15, -0.1) is 0 Å². The van der Waals surface area contributed by atoms with Crippen LogP contribution >= 0.6 is 0 Å². The van der Waals surface area contributed by atoms with Crippen molar-refractivity contribution < 1.29 is 13.9 Å². The fourth-order valence-electron chi connectivity index (χ4n) is 3.22. The van der Waals surface area contributed by atoms with Gasteiger partial charge in [-0.3, -0.25) is 4.90 Å². The first-order valence-corrected chi connectivity index (χ1v) is 8.51. The molecule has 0 amide bonds. The molecule has 1 aromatic heterocycles. The maximum Gasteiger partial charge on any atom is 0.336 e. The molecule has 5 nitrogen and oxygen atoms in total. The molecule has 1 aliphatic rings. The average molecular weight is 331 g/mol. The van der Waals surface area contributed by atoms with Crippen molar-refractivity contribution in [3.05, 3.63) is 34.2 Å². The van der Waals surface area contributed by atoms with Gasteiger partial charge in [0.25, 0.3) is 0 Å². The summed E-state index contributed by atoms with van der Waals surface area (Å²) in [5.74, 6) is 2.47. The lowest BCUT2D eigenvalue weighted by molar-refractivity contribution is 0.174. The molecule has 0 saturated heterocycles. The number of nitrogens with zero attached hydrogens (tertiary/aromatic N) is 1. The highest BCUT2D eigenvalue weighted by Gasteiger charge is 2.19. The minimum atomic E-state index is -0.328. The van der Waals surface area contributed by atoms with Crippen LogP contribution in [0.4, 0.5) is 0 Å². The van der Waals surface area contributed by atoms with E-state index in [1.54, 1.807) is 12.1 Å². The summed E-state index contributed by atoms with van der Waals surface area (Å²) in [6.07, 6.45) is 0. The Labute approximate surface area is 142 Å². The fourth-order valence-corrected chi connectivity index (χ4v) is 3.22. The van der Waals surface area contributed by atoms with E-state index >= 15 is 0 Å². The predicted molar refractivity (Wildman–Crippen MR) is 93.6 cm³/mol. The van der Waals surface area contributed by atoms with Gasteiger partial charge < -0.3 is 13.9 Å². The molecular weight excluding hydrogens is 306 g/mol. The zero-order valence-corrected chi connectivity index (χ0v) is 14.8. The highest BCUT2D eigenvalue weighted by atomic mass is 16.7. The van der Waals surface area contributed by atoms with Crippen molar-refractivity contribution in [2.75, 3.05) is 19.9 Å². The van der Waals surface area contributed by atoms with Crippen LogP contribution < -0.4 is 15.1 Å². The van der Waals surface area contributed by atoms with Crippen LogP contribution in [0.25, 0.3) is 11.0 Å². The van der Waals surface area contributed by atoms with E-state index in [-0.39, 0.29) is 12.4 Å². The van der Waals surface area contributed by atoms with Gasteiger partial charge in [0, 0.05) is 37.2 Å². The monoisotopic (exact) mass is 331 g/mol. The van der Waals surface area contributed by atoms with Gasteiger partial charge in [0.05, 0.1) is 0 Å². The molecule has 0 spiro atoms. The zero-order chi connectivity index (χ0) is 17.3. The second kappa shape index (κ2) is 6.85. The zero-order valence-electron chi connectivity index (χ0n) is 14.8. The van der Waals surface area contributed by atoms with E-state index in [4.69, 9.17) is 13.9 Å². The van der Waals surface area contributed by atoms with Crippen molar-refractivity contribution in [3.63, 3.8) is 0 Å². The Kier molecular flexibility index (Phi) is 4.81. The summed E-state index contributed by atoms with van der Waals surface area (Å²) in [7, 11) is 0. The minimum absolute atomic E-state index is 0.206. The lowest BCUT2D eigenvalue weighted by atomic mass is 10.1. The largest absolute Gasteiger partial charge is 0.454 e. The first-order valence-electron chi connectivity index (χ1n) is 8.51. The molecular formula is C19H25NO4. The van der Waals surface area contributed by atoms with E-state index in [1.165, 1.54) is 0 Å². The Morgan fingerprint density at radius 3 is 2.25 bits per heavy atom. The molecule has 24 heavy (non-hydrogen) atoms. The smallest absolute Gasteiger partial charge is 0.336 e. The number of rotatable bonds is 6. The van der Waals surface area contributed by atoms with Crippen LogP contribution in [0.3, 0.4) is 0 Å². The second-order valence-electron chi connectivity index (χ2n) is 7.27. The SMILES string of the molecule is CC(C)CN(Cc1cc(=O)oc2cc3c(cc12)OCO3)CC(C)C. The van der Waals surface area contributed by atoms with Gasteiger partial charge in [0.15, 0.2) is 11.5 Å². The van der Waals surface area contributed by atoms with E-state index in [0.717, 1.165) is 30.6 Å². The van der Waals surface area contributed by atoms with Crippen molar-refractivity contribution in [2.24, 2.45) is 11.8 Å². The van der Waals surface area contributed by atoms with Crippen molar-refractivity contribution in [2.45, 2.75) is 34.2 Å². The number of ether oxygens (including phenoxy) is 2. The Morgan fingerprint density at radius 1 is 1.00 bits per heavy atom. The van der Waals surface area contributed by atoms with Crippen LogP contribution in [0.1, 0.15) is 33.3 Å². The van der Waals surface area contributed by atoms with Gasteiger partial charge in [-0.2, -0.15) is 0 Å². The lowest BCUT2D eigenvalue weighted by Crippen LogP contribution is -2.31. The second-order valence-corrected chi connectivity index (χ2v) is 7.27. The molecule has 0 unspecified atom stereocenters.